The van der Waals surface area contributed by atoms with E-state index < -0.39 is 0 Å². The number of hydrogen-bond acceptors (Lipinski definition) is 4. The zero-order valence-corrected chi connectivity index (χ0v) is 22.9. The van der Waals surface area contributed by atoms with Gasteiger partial charge in [0.05, 0.1) is 18.5 Å². The summed E-state index contributed by atoms with van der Waals surface area (Å²) in [6, 6.07) is 24.6. The maximum atomic E-state index is 13.5. The van der Waals surface area contributed by atoms with Gasteiger partial charge in [0.1, 0.15) is 18.1 Å². The fraction of sp³-hybridized carbons (Fsp3) is 0.258. The van der Waals surface area contributed by atoms with E-state index in [4.69, 9.17) is 9.84 Å². The second-order valence-corrected chi connectivity index (χ2v) is 9.41. The summed E-state index contributed by atoms with van der Waals surface area (Å²) in [7, 11) is 1.62. The van der Waals surface area contributed by atoms with Crippen molar-refractivity contribution in [3.63, 3.8) is 0 Å². The van der Waals surface area contributed by atoms with Crippen LogP contribution in [-0.4, -0.2) is 46.8 Å². The minimum atomic E-state index is -0.313. The van der Waals surface area contributed by atoms with Gasteiger partial charge in [-0.1, -0.05) is 55.8 Å². The largest absolute Gasteiger partial charge is 0.497 e. The predicted octanol–water partition coefficient (Wildman–Crippen LogP) is 6.44. The first-order chi connectivity index (χ1) is 18.9. The lowest BCUT2D eigenvalue weighted by Gasteiger charge is -2.23. The van der Waals surface area contributed by atoms with Crippen molar-refractivity contribution in [2.75, 3.05) is 30.8 Å². The molecule has 0 atom stereocenters. The number of anilines is 2. The zero-order chi connectivity index (χ0) is 27.8. The second kappa shape index (κ2) is 12.8. The molecule has 4 aromatic rings. The molecule has 0 aliphatic rings. The molecule has 4 rings (SSSR count). The Morgan fingerprint density at radius 3 is 2.36 bits per heavy atom. The van der Waals surface area contributed by atoms with E-state index in [-0.39, 0.29) is 18.5 Å². The Bertz CT molecular complexity index is 1410. The van der Waals surface area contributed by atoms with Crippen LogP contribution in [0.15, 0.2) is 78.9 Å². The SMILES string of the molecule is CCCCN(CC(=O)Nc1c(-c2ccccc2)c(C)nn1-c1ccc(OC)cc1)C(=O)Nc1cccc(C)c1. The van der Waals surface area contributed by atoms with Crippen molar-refractivity contribution in [1.82, 2.24) is 14.7 Å². The molecule has 0 bridgehead atoms. The standard InChI is InChI=1S/C31H35N5O3/c1-5-6-19-35(31(38)32-25-14-10-11-22(2)20-25)21-28(37)33-30-29(24-12-8-7-9-13-24)23(3)34-36(30)26-15-17-27(39-4)18-16-26/h7-18,20H,5-6,19,21H2,1-4H3,(H,32,38)(H,33,37). The summed E-state index contributed by atoms with van der Waals surface area (Å²) >= 11 is 0. The van der Waals surface area contributed by atoms with Crippen LogP contribution in [0.5, 0.6) is 5.75 Å². The van der Waals surface area contributed by atoms with Gasteiger partial charge in [-0.25, -0.2) is 9.48 Å². The summed E-state index contributed by atoms with van der Waals surface area (Å²) in [6.07, 6.45) is 1.68. The molecule has 0 fully saturated rings. The van der Waals surface area contributed by atoms with Gasteiger partial charge in [0.15, 0.2) is 0 Å². The number of aryl methyl sites for hydroxylation is 2. The number of methoxy groups -OCH3 is 1. The molecule has 3 amide bonds. The number of carbonyl (C=O) groups is 2. The van der Waals surface area contributed by atoms with Crippen LogP contribution in [-0.2, 0) is 4.79 Å². The smallest absolute Gasteiger partial charge is 0.322 e. The van der Waals surface area contributed by atoms with Gasteiger partial charge in [-0.2, -0.15) is 5.10 Å². The van der Waals surface area contributed by atoms with E-state index in [2.05, 4.69) is 17.6 Å². The number of carbonyl (C=O) groups excluding carboxylic acids is 2. The Morgan fingerprint density at radius 2 is 1.69 bits per heavy atom. The molecule has 0 radical (unpaired) electrons. The minimum absolute atomic E-state index is 0.0985. The number of nitrogens with one attached hydrogen (secondary N) is 2. The van der Waals surface area contributed by atoms with Gasteiger partial charge in [0.2, 0.25) is 5.91 Å². The molecule has 3 aromatic carbocycles. The van der Waals surface area contributed by atoms with Crippen molar-refractivity contribution in [2.24, 2.45) is 0 Å². The summed E-state index contributed by atoms with van der Waals surface area (Å²) < 4.78 is 7.02. The van der Waals surface area contributed by atoms with Gasteiger partial charge < -0.3 is 20.3 Å². The van der Waals surface area contributed by atoms with E-state index in [1.54, 1.807) is 16.7 Å². The number of aromatic nitrogens is 2. The first kappa shape index (κ1) is 27.4. The van der Waals surface area contributed by atoms with Crippen LogP contribution in [0, 0.1) is 13.8 Å². The maximum absolute atomic E-state index is 13.5. The highest BCUT2D eigenvalue weighted by Gasteiger charge is 2.23. The first-order valence-corrected chi connectivity index (χ1v) is 13.1. The summed E-state index contributed by atoms with van der Waals surface area (Å²) in [5.74, 6) is 0.962. The summed E-state index contributed by atoms with van der Waals surface area (Å²) in [6.45, 7) is 6.30. The van der Waals surface area contributed by atoms with Crippen LogP contribution in [0.25, 0.3) is 16.8 Å². The molecule has 8 nitrogen and oxygen atoms in total. The molecule has 1 heterocycles. The summed E-state index contributed by atoms with van der Waals surface area (Å²) in [4.78, 5) is 28.2. The van der Waals surface area contributed by atoms with Crippen LogP contribution >= 0.6 is 0 Å². The van der Waals surface area contributed by atoms with Gasteiger partial charge in [-0.05, 0) is 67.8 Å². The van der Waals surface area contributed by atoms with Crippen LogP contribution < -0.4 is 15.4 Å². The number of benzene rings is 3. The monoisotopic (exact) mass is 525 g/mol. The number of rotatable bonds is 10. The highest BCUT2D eigenvalue weighted by molar-refractivity contribution is 5.99. The molecule has 8 heteroatoms. The second-order valence-electron chi connectivity index (χ2n) is 9.41. The Balaban J connectivity index is 1.63. The van der Waals surface area contributed by atoms with Gasteiger partial charge in [-0.3, -0.25) is 4.79 Å². The van der Waals surface area contributed by atoms with Crippen molar-refractivity contribution in [3.8, 4) is 22.6 Å². The molecule has 0 aliphatic carbocycles. The lowest BCUT2D eigenvalue weighted by Crippen LogP contribution is -2.41. The third kappa shape index (κ3) is 6.84. The average molecular weight is 526 g/mol. The van der Waals surface area contributed by atoms with Crippen molar-refractivity contribution < 1.29 is 14.3 Å². The van der Waals surface area contributed by atoms with Crippen molar-refractivity contribution in [3.05, 3.63) is 90.1 Å². The average Bonchev–Trinajstić information content (AvgIpc) is 3.26. The highest BCUT2D eigenvalue weighted by Crippen LogP contribution is 2.33. The zero-order valence-electron chi connectivity index (χ0n) is 22.9. The minimum Gasteiger partial charge on any atom is -0.497 e. The van der Waals surface area contributed by atoms with Crippen molar-refractivity contribution >= 4 is 23.4 Å². The number of nitrogens with zero attached hydrogens (tertiary/aromatic N) is 3. The third-order valence-electron chi connectivity index (χ3n) is 6.37. The lowest BCUT2D eigenvalue weighted by molar-refractivity contribution is -0.116. The van der Waals surface area contributed by atoms with Gasteiger partial charge in [0, 0.05) is 17.8 Å². The molecular formula is C31H35N5O3. The molecule has 0 unspecified atom stereocenters. The molecule has 2 N–H and O–H groups in total. The number of unbranched alkanes of at least 4 members (excludes halogenated alkanes) is 1. The molecule has 0 aliphatic heterocycles. The van der Waals surface area contributed by atoms with Crippen molar-refractivity contribution in [2.45, 2.75) is 33.6 Å². The quantitative estimate of drug-likeness (QED) is 0.249. The van der Waals surface area contributed by atoms with E-state index in [0.717, 1.165) is 46.7 Å². The van der Waals surface area contributed by atoms with Gasteiger partial charge in [0.25, 0.3) is 0 Å². The number of hydrogen-bond donors (Lipinski definition) is 2. The topological polar surface area (TPSA) is 88.5 Å². The maximum Gasteiger partial charge on any atom is 0.322 e. The molecule has 0 spiro atoms. The fourth-order valence-corrected chi connectivity index (χ4v) is 4.38. The normalized spacial score (nSPS) is 10.7. The van der Waals surface area contributed by atoms with E-state index in [1.807, 2.05) is 92.7 Å². The summed E-state index contributed by atoms with van der Waals surface area (Å²) in [5.41, 5.74) is 5.04. The molecular weight excluding hydrogens is 490 g/mol. The van der Waals surface area contributed by atoms with Gasteiger partial charge in [-0.15, -0.1) is 0 Å². The molecule has 0 saturated heterocycles. The van der Waals surface area contributed by atoms with Crippen molar-refractivity contribution in [1.29, 1.82) is 0 Å². The Labute approximate surface area is 229 Å². The fourth-order valence-electron chi connectivity index (χ4n) is 4.38. The number of urea groups is 1. The Morgan fingerprint density at radius 1 is 0.949 bits per heavy atom. The predicted molar refractivity (Wildman–Crippen MR) is 156 cm³/mol. The highest BCUT2D eigenvalue weighted by atomic mass is 16.5. The van der Waals surface area contributed by atoms with Gasteiger partial charge >= 0.3 is 6.03 Å². The first-order valence-electron chi connectivity index (χ1n) is 13.1. The van der Waals surface area contributed by atoms with Crippen LogP contribution in [0.4, 0.5) is 16.3 Å². The van der Waals surface area contributed by atoms with E-state index in [9.17, 15) is 9.59 Å². The number of amides is 3. The Kier molecular flexibility index (Phi) is 8.99. The summed E-state index contributed by atoms with van der Waals surface area (Å²) in [5, 5.41) is 10.8. The van der Waals surface area contributed by atoms with E-state index in [0.29, 0.717) is 18.1 Å². The Hall–Kier alpha value is -4.59. The van der Waals surface area contributed by atoms with E-state index >= 15 is 0 Å². The lowest BCUT2D eigenvalue weighted by atomic mass is 10.1. The van der Waals surface area contributed by atoms with Crippen LogP contribution in [0.1, 0.15) is 31.0 Å². The molecule has 1 aromatic heterocycles. The van der Waals surface area contributed by atoms with Crippen LogP contribution in [0.3, 0.4) is 0 Å². The molecule has 39 heavy (non-hydrogen) atoms. The molecule has 202 valence electrons. The molecule has 0 saturated carbocycles. The number of ether oxygens (including phenoxy) is 1. The van der Waals surface area contributed by atoms with Crippen LogP contribution in [0.2, 0.25) is 0 Å². The van der Waals surface area contributed by atoms with E-state index in [1.165, 1.54) is 0 Å². The third-order valence-corrected chi connectivity index (χ3v) is 6.37.